The Kier molecular flexibility index (Phi) is 4.51. The topological polar surface area (TPSA) is 61.6 Å². The molecule has 26 heavy (non-hydrogen) atoms. The summed E-state index contributed by atoms with van der Waals surface area (Å²) in [7, 11) is 0. The SMILES string of the molecule is CC1Cc2cc(-c3cc(COC(=O)c4ccc(Br)cc4)no3)ccc2O1. The minimum Gasteiger partial charge on any atom is -0.490 e. The molecule has 0 spiro atoms. The lowest BCUT2D eigenvalue weighted by atomic mass is 10.1. The number of aromatic nitrogens is 1. The van der Waals surface area contributed by atoms with Gasteiger partial charge < -0.3 is 14.0 Å². The number of halogens is 1. The molecule has 0 aliphatic carbocycles. The van der Waals surface area contributed by atoms with E-state index in [2.05, 4.69) is 27.2 Å². The van der Waals surface area contributed by atoms with E-state index in [0.29, 0.717) is 17.0 Å². The summed E-state index contributed by atoms with van der Waals surface area (Å²) in [4.78, 5) is 12.1. The maximum Gasteiger partial charge on any atom is 0.338 e. The van der Waals surface area contributed by atoms with Crippen molar-refractivity contribution in [2.75, 3.05) is 0 Å². The Balaban J connectivity index is 1.43. The highest BCUT2D eigenvalue weighted by molar-refractivity contribution is 9.10. The number of fused-ring (bicyclic) bond motifs is 1. The molecule has 5 nitrogen and oxygen atoms in total. The molecule has 0 N–H and O–H groups in total. The summed E-state index contributed by atoms with van der Waals surface area (Å²) in [5.41, 5.74) is 3.15. The van der Waals surface area contributed by atoms with Crippen LogP contribution in [-0.4, -0.2) is 17.2 Å². The molecule has 132 valence electrons. The molecule has 2 heterocycles. The lowest BCUT2D eigenvalue weighted by Crippen LogP contribution is -2.05. The zero-order valence-electron chi connectivity index (χ0n) is 14.1. The fraction of sp³-hybridized carbons (Fsp3) is 0.200. The van der Waals surface area contributed by atoms with Gasteiger partial charge in [-0.15, -0.1) is 0 Å². The van der Waals surface area contributed by atoms with Gasteiger partial charge in [-0.05, 0) is 55.0 Å². The molecule has 3 aromatic rings. The molecule has 0 saturated heterocycles. The number of benzene rings is 2. The average Bonchev–Trinajstić information content (AvgIpc) is 3.25. The Labute approximate surface area is 159 Å². The maximum absolute atomic E-state index is 12.1. The number of hydrogen-bond donors (Lipinski definition) is 0. The molecule has 1 atom stereocenters. The van der Waals surface area contributed by atoms with Crippen LogP contribution in [0.4, 0.5) is 0 Å². The molecule has 2 aromatic carbocycles. The van der Waals surface area contributed by atoms with E-state index in [4.69, 9.17) is 14.0 Å². The Morgan fingerprint density at radius 3 is 2.85 bits per heavy atom. The Morgan fingerprint density at radius 1 is 1.23 bits per heavy atom. The summed E-state index contributed by atoms with van der Waals surface area (Å²) < 4.78 is 17.3. The quantitative estimate of drug-likeness (QED) is 0.575. The summed E-state index contributed by atoms with van der Waals surface area (Å²) in [6.45, 7) is 2.11. The molecule has 0 bridgehead atoms. The van der Waals surface area contributed by atoms with Gasteiger partial charge in [0, 0.05) is 22.5 Å². The van der Waals surface area contributed by atoms with Crippen LogP contribution < -0.4 is 4.74 Å². The van der Waals surface area contributed by atoms with Gasteiger partial charge in [0.15, 0.2) is 5.76 Å². The average molecular weight is 414 g/mol. The largest absolute Gasteiger partial charge is 0.490 e. The Bertz CT molecular complexity index is 949. The van der Waals surface area contributed by atoms with Gasteiger partial charge in [-0.3, -0.25) is 0 Å². The van der Waals surface area contributed by atoms with Crippen LogP contribution in [0.3, 0.4) is 0 Å². The van der Waals surface area contributed by atoms with E-state index in [0.717, 1.165) is 27.8 Å². The second-order valence-electron chi connectivity index (χ2n) is 6.22. The highest BCUT2D eigenvalue weighted by Gasteiger charge is 2.20. The number of hydrogen-bond acceptors (Lipinski definition) is 5. The van der Waals surface area contributed by atoms with Gasteiger partial charge in [-0.2, -0.15) is 0 Å². The molecule has 6 heteroatoms. The third kappa shape index (κ3) is 3.51. The summed E-state index contributed by atoms with van der Waals surface area (Å²) >= 11 is 3.33. The van der Waals surface area contributed by atoms with Gasteiger partial charge in [-0.1, -0.05) is 21.1 Å². The smallest absolute Gasteiger partial charge is 0.338 e. The summed E-state index contributed by atoms with van der Waals surface area (Å²) in [6.07, 6.45) is 1.08. The van der Waals surface area contributed by atoms with E-state index in [-0.39, 0.29) is 12.7 Å². The number of ether oxygens (including phenoxy) is 2. The van der Waals surface area contributed by atoms with E-state index in [1.54, 1.807) is 30.3 Å². The van der Waals surface area contributed by atoms with Crippen molar-refractivity contribution in [2.24, 2.45) is 0 Å². The molecule has 1 aliphatic rings. The summed E-state index contributed by atoms with van der Waals surface area (Å²) in [5, 5.41) is 3.99. The van der Waals surface area contributed by atoms with Crippen LogP contribution in [0, 0.1) is 0 Å². The number of carbonyl (C=O) groups excluding carboxylic acids is 1. The van der Waals surface area contributed by atoms with Gasteiger partial charge in [0.1, 0.15) is 24.2 Å². The van der Waals surface area contributed by atoms with E-state index >= 15 is 0 Å². The molecular formula is C20H16BrNO4. The van der Waals surface area contributed by atoms with E-state index < -0.39 is 5.97 Å². The minimum absolute atomic E-state index is 0.0590. The van der Waals surface area contributed by atoms with Gasteiger partial charge >= 0.3 is 5.97 Å². The normalized spacial score (nSPS) is 15.4. The predicted molar refractivity (Wildman–Crippen MR) is 99.0 cm³/mol. The van der Waals surface area contributed by atoms with Crippen LogP contribution in [0.15, 0.2) is 57.5 Å². The first-order chi connectivity index (χ1) is 12.6. The molecule has 0 radical (unpaired) electrons. The first-order valence-corrected chi connectivity index (χ1v) is 9.06. The zero-order chi connectivity index (χ0) is 18.1. The van der Waals surface area contributed by atoms with Gasteiger partial charge in [-0.25, -0.2) is 4.79 Å². The van der Waals surface area contributed by atoms with Crippen molar-refractivity contribution in [1.82, 2.24) is 5.16 Å². The molecular weight excluding hydrogens is 398 g/mol. The number of esters is 1. The van der Waals surface area contributed by atoms with Crippen molar-refractivity contribution in [3.05, 3.63) is 69.8 Å². The van der Waals surface area contributed by atoms with Crippen molar-refractivity contribution in [1.29, 1.82) is 0 Å². The van der Waals surface area contributed by atoms with Crippen molar-refractivity contribution in [2.45, 2.75) is 26.1 Å². The molecule has 0 fully saturated rings. The van der Waals surface area contributed by atoms with Gasteiger partial charge in [0.2, 0.25) is 0 Å². The third-order valence-electron chi connectivity index (χ3n) is 4.17. The van der Waals surface area contributed by atoms with Crippen molar-refractivity contribution in [3.8, 4) is 17.1 Å². The van der Waals surface area contributed by atoms with Crippen LogP contribution in [0.2, 0.25) is 0 Å². The standard InChI is InChI=1S/C20H16BrNO4/c1-12-8-15-9-14(4-7-18(15)25-12)19-10-17(22-26-19)11-24-20(23)13-2-5-16(21)6-3-13/h2-7,9-10,12H,8,11H2,1H3. The second kappa shape index (κ2) is 6.96. The van der Waals surface area contributed by atoms with Crippen LogP contribution in [-0.2, 0) is 17.8 Å². The van der Waals surface area contributed by atoms with Crippen LogP contribution >= 0.6 is 15.9 Å². The maximum atomic E-state index is 12.1. The Hall–Kier alpha value is -2.60. The zero-order valence-corrected chi connectivity index (χ0v) is 15.7. The third-order valence-corrected chi connectivity index (χ3v) is 4.70. The van der Waals surface area contributed by atoms with Crippen LogP contribution in [0.5, 0.6) is 5.75 Å². The molecule has 1 aliphatic heterocycles. The highest BCUT2D eigenvalue weighted by atomic mass is 79.9. The Morgan fingerprint density at radius 2 is 2.04 bits per heavy atom. The van der Waals surface area contributed by atoms with Crippen molar-refractivity contribution >= 4 is 21.9 Å². The highest BCUT2D eigenvalue weighted by Crippen LogP contribution is 2.33. The first kappa shape index (κ1) is 16.8. The lowest BCUT2D eigenvalue weighted by molar-refractivity contribution is 0.0464. The second-order valence-corrected chi connectivity index (χ2v) is 7.14. The fourth-order valence-corrected chi connectivity index (χ4v) is 3.16. The van der Waals surface area contributed by atoms with Crippen molar-refractivity contribution < 1.29 is 18.8 Å². The van der Waals surface area contributed by atoms with Crippen molar-refractivity contribution in [3.63, 3.8) is 0 Å². The molecule has 1 unspecified atom stereocenters. The number of carbonyl (C=O) groups is 1. The number of rotatable bonds is 4. The molecule has 0 saturated carbocycles. The van der Waals surface area contributed by atoms with E-state index in [9.17, 15) is 4.79 Å². The van der Waals surface area contributed by atoms with E-state index in [1.807, 2.05) is 19.1 Å². The monoisotopic (exact) mass is 413 g/mol. The summed E-state index contributed by atoms with van der Waals surface area (Å²) in [6, 6.07) is 14.7. The van der Waals surface area contributed by atoms with Gasteiger partial charge in [0.25, 0.3) is 0 Å². The van der Waals surface area contributed by atoms with E-state index in [1.165, 1.54) is 0 Å². The molecule has 1 aromatic heterocycles. The fourth-order valence-electron chi connectivity index (χ4n) is 2.90. The van der Waals surface area contributed by atoms with Crippen LogP contribution in [0.1, 0.15) is 28.5 Å². The minimum atomic E-state index is -0.397. The van der Waals surface area contributed by atoms with Gasteiger partial charge in [0.05, 0.1) is 5.56 Å². The van der Waals surface area contributed by atoms with Crippen LogP contribution in [0.25, 0.3) is 11.3 Å². The first-order valence-electron chi connectivity index (χ1n) is 8.27. The molecule has 0 amide bonds. The summed E-state index contributed by atoms with van der Waals surface area (Å²) in [5.74, 6) is 1.16. The predicted octanol–water partition coefficient (Wildman–Crippen LogP) is 4.78. The lowest BCUT2D eigenvalue weighted by Gasteiger charge is -2.02. The molecule has 4 rings (SSSR count). The number of nitrogens with zero attached hydrogens (tertiary/aromatic N) is 1.